The van der Waals surface area contributed by atoms with Crippen molar-refractivity contribution in [2.45, 2.75) is 4.90 Å². The van der Waals surface area contributed by atoms with Crippen molar-refractivity contribution in [2.24, 2.45) is 0 Å². The molecular weight excluding hydrogens is 345 g/mol. The first kappa shape index (κ1) is 17.5. The molecule has 23 heavy (non-hydrogen) atoms. The minimum Gasteiger partial charge on any atom is -0.495 e. The van der Waals surface area contributed by atoms with Crippen molar-refractivity contribution in [3.05, 3.63) is 53.3 Å². The van der Waals surface area contributed by atoms with Gasteiger partial charge in [0.25, 0.3) is 0 Å². The third-order valence-electron chi connectivity index (χ3n) is 2.90. The van der Waals surface area contributed by atoms with Gasteiger partial charge in [-0.25, -0.2) is 17.5 Å². The third kappa shape index (κ3) is 4.57. The quantitative estimate of drug-likeness (QED) is 0.772. The molecule has 2 aromatic rings. The largest absolute Gasteiger partial charge is 0.495 e. The molecule has 0 heterocycles. The first-order chi connectivity index (χ1) is 10.9. The van der Waals surface area contributed by atoms with Gasteiger partial charge in [-0.15, -0.1) is 0 Å². The van der Waals surface area contributed by atoms with Gasteiger partial charge < -0.3 is 9.47 Å². The summed E-state index contributed by atoms with van der Waals surface area (Å²) in [5.74, 6) is -0.268. The number of methoxy groups -OCH3 is 1. The molecular formula is C15H15ClFNO4S. The summed E-state index contributed by atoms with van der Waals surface area (Å²) in [6.45, 7) is -0.0601. The molecule has 1 N–H and O–H groups in total. The van der Waals surface area contributed by atoms with Crippen LogP contribution in [0.1, 0.15) is 0 Å². The Kier molecular flexibility index (Phi) is 5.81. The topological polar surface area (TPSA) is 64.6 Å². The molecule has 124 valence electrons. The normalized spacial score (nSPS) is 11.3. The first-order valence-corrected chi connectivity index (χ1v) is 8.50. The Morgan fingerprint density at radius 2 is 1.91 bits per heavy atom. The molecule has 8 heteroatoms. The van der Waals surface area contributed by atoms with Gasteiger partial charge in [-0.1, -0.05) is 23.7 Å². The lowest BCUT2D eigenvalue weighted by atomic mass is 10.3. The summed E-state index contributed by atoms with van der Waals surface area (Å²) in [7, 11) is -2.46. The maximum Gasteiger partial charge on any atom is 0.244 e. The van der Waals surface area contributed by atoms with Gasteiger partial charge in [0.2, 0.25) is 10.0 Å². The molecule has 0 aliphatic heterocycles. The molecule has 2 aromatic carbocycles. The molecule has 0 saturated carbocycles. The Labute approximate surface area is 139 Å². The maximum absolute atomic E-state index is 13.4. The summed E-state index contributed by atoms with van der Waals surface area (Å²) in [5.41, 5.74) is 0. The predicted molar refractivity (Wildman–Crippen MR) is 85.1 cm³/mol. The lowest BCUT2D eigenvalue weighted by molar-refractivity contribution is 0.306. The zero-order valence-corrected chi connectivity index (χ0v) is 13.8. The molecule has 0 fully saturated rings. The third-order valence-corrected chi connectivity index (χ3v) is 4.62. The van der Waals surface area contributed by atoms with E-state index in [2.05, 4.69) is 4.72 Å². The second-order valence-corrected chi connectivity index (χ2v) is 6.64. The number of nitrogens with one attached hydrogen (secondary N) is 1. The van der Waals surface area contributed by atoms with Gasteiger partial charge in [-0.05, 0) is 30.3 Å². The highest BCUT2D eigenvalue weighted by molar-refractivity contribution is 7.89. The Balaban J connectivity index is 2.00. The van der Waals surface area contributed by atoms with E-state index in [0.717, 1.165) is 0 Å². The van der Waals surface area contributed by atoms with Crippen LogP contribution in [0.15, 0.2) is 47.4 Å². The van der Waals surface area contributed by atoms with Crippen molar-refractivity contribution in [1.82, 2.24) is 4.72 Å². The van der Waals surface area contributed by atoms with Gasteiger partial charge in [0.1, 0.15) is 17.3 Å². The Morgan fingerprint density at radius 1 is 1.17 bits per heavy atom. The zero-order valence-electron chi connectivity index (χ0n) is 12.3. The van der Waals surface area contributed by atoms with Crippen molar-refractivity contribution in [1.29, 1.82) is 0 Å². The summed E-state index contributed by atoms with van der Waals surface area (Å²) in [5, 5.41) is 0.272. The number of para-hydroxylation sites is 1. The minimum absolute atomic E-state index is 0.0248. The van der Waals surface area contributed by atoms with Gasteiger partial charge in [-0.2, -0.15) is 0 Å². The summed E-state index contributed by atoms with van der Waals surface area (Å²) in [4.78, 5) is -0.0709. The van der Waals surface area contributed by atoms with E-state index in [1.54, 1.807) is 6.07 Å². The molecule has 0 aromatic heterocycles. The molecule has 0 atom stereocenters. The van der Waals surface area contributed by atoms with E-state index in [9.17, 15) is 12.8 Å². The minimum atomic E-state index is -3.82. The predicted octanol–water partition coefficient (Wildman–Crippen LogP) is 2.85. The van der Waals surface area contributed by atoms with Crippen LogP contribution in [0.3, 0.4) is 0 Å². The van der Waals surface area contributed by atoms with Gasteiger partial charge in [0.15, 0.2) is 11.6 Å². The maximum atomic E-state index is 13.4. The van der Waals surface area contributed by atoms with E-state index in [1.807, 2.05) is 0 Å². The number of hydrogen-bond acceptors (Lipinski definition) is 4. The first-order valence-electron chi connectivity index (χ1n) is 6.64. The van der Waals surface area contributed by atoms with Crippen molar-refractivity contribution >= 4 is 21.6 Å². The molecule has 0 amide bonds. The van der Waals surface area contributed by atoms with Crippen LogP contribution in [-0.2, 0) is 10.0 Å². The molecule has 0 unspecified atom stereocenters. The highest BCUT2D eigenvalue weighted by Crippen LogP contribution is 2.26. The zero-order chi connectivity index (χ0) is 16.9. The van der Waals surface area contributed by atoms with Crippen LogP contribution < -0.4 is 14.2 Å². The highest BCUT2D eigenvalue weighted by atomic mass is 35.5. The van der Waals surface area contributed by atoms with E-state index in [4.69, 9.17) is 21.1 Å². The molecule has 0 spiro atoms. The standard InChI is InChI=1S/C15H15ClFNO4S/c1-21-14-7-6-11(16)10-15(14)23(19,20)18-8-9-22-13-5-3-2-4-12(13)17/h2-7,10,18H,8-9H2,1H3. The van der Waals surface area contributed by atoms with Crippen LogP contribution in [-0.4, -0.2) is 28.7 Å². The Hall–Kier alpha value is -1.83. The van der Waals surface area contributed by atoms with Gasteiger partial charge in [0.05, 0.1) is 7.11 Å². The van der Waals surface area contributed by atoms with E-state index >= 15 is 0 Å². The van der Waals surface area contributed by atoms with Crippen molar-refractivity contribution in [3.8, 4) is 11.5 Å². The molecule has 0 aliphatic rings. The average molecular weight is 360 g/mol. The second kappa shape index (κ2) is 7.63. The number of rotatable bonds is 7. The monoisotopic (exact) mass is 359 g/mol. The highest BCUT2D eigenvalue weighted by Gasteiger charge is 2.19. The smallest absolute Gasteiger partial charge is 0.244 e. The number of ether oxygens (including phenoxy) is 2. The van der Waals surface area contributed by atoms with Crippen LogP contribution in [0, 0.1) is 5.82 Å². The van der Waals surface area contributed by atoms with Crippen LogP contribution in [0.5, 0.6) is 11.5 Å². The fourth-order valence-electron chi connectivity index (χ4n) is 1.84. The number of halogens is 2. The van der Waals surface area contributed by atoms with Crippen LogP contribution in [0.4, 0.5) is 4.39 Å². The SMILES string of the molecule is COc1ccc(Cl)cc1S(=O)(=O)NCCOc1ccccc1F. The number of hydrogen-bond donors (Lipinski definition) is 1. The lowest BCUT2D eigenvalue weighted by Gasteiger charge is -2.12. The Morgan fingerprint density at radius 3 is 2.61 bits per heavy atom. The molecule has 2 rings (SSSR count). The van der Waals surface area contributed by atoms with Crippen molar-refractivity contribution in [3.63, 3.8) is 0 Å². The van der Waals surface area contributed by atoms with Crippen LogP contribution >= 0.6 is 11.6 Å². The fourth-order valence-corrected chi connectivity index (χ4v) is 3.28. The van der Waals surface area contributed by atoms with E-state index in [1.165, 1.54) is 43.5 Å². The van der Waals surface area contributed by atoms with Crippen LogP contribution in [0.2, 0.25) is 5.02 Å². The lowest BCUT2D eigenvalue weighted by Crippen LogP contribution is -2.28. The van der Waals surface area contributed by atoms with E-state index in [-0.39, 0.29) is 34.6 Å². The van der Waals surface area contributed by atoms with Crippen molar-refractivity contribution < 1.29 is 22.3 Å². The van der Waals surface area contributed by atoms with E-state index in [0.29, 0.717) is 0 Å². The number of sulfonamides is 1. The second-order valence-electron chi connectivity index (χ2n) is 4.47. The van der Waals surface area contributed by atoms with Gasteiger partial charge in [-0.3, -0.25) is 0 Å². The summed E-state index contributed by atoms with van der Waals surface area (Å²) >= 11 is 5.82. The molecule has 5 nitrogen and oxygen atoms in total. The van der Waals surface area contributed by atoms with Gasteiger partial charge >= 0.3 is 0 Å². The van der Waals surface area contributed by atoms with Crippen LogP contribution in [0.25, 0.3) is 0 Å². The summed E-state index contributed by atoms with van der Waals surface area (Å²) in [6.07, 6.45) is 0. The molecule has 0 bridgehead atoms. The Bertz CT molecular complexity index is 783. The molecule has 0 radical (unpaired) electrons. The fraction of sp³-hybridized carbons (Fsp3) is 0.200. The van der Waals surface area contributed by atoms with E-state index < -0.39 is 15.8 Å². The average Bonchev–Trinajstić information content (AvgIpc) is 2.53. The number of benzene rings is 2. The summed E-state index contributed by atoms with van der Waals surface area (Å²) < 4.78 is 50.5. The summed E-state index contributed by atoms with van der Waals surface area (Å²) in [6, 6.07) is 10.2. The molecule has 0 aliphatic carbocycles. The van der Waals surface area contributed by atoms with Gasteiger partial charge in [0, 0.05) is 11.6 Å². The molecule has 0 saturated heterocycles. The van der Waals surface area contributed by atoms with Crippen molar-refractivity contribution in [2.75, 3.05) is 20.3 Å².